The van der Waals surface area contributed by atoms with Crippen molar-refractivity contribution in [1.82, 2.24) is 10.2 Å². The Kier molecular flexibility index (Phi) is 4.79. The van der Waals surface area contributed by atoms with E-state index in [4.69, 9.17) is 0 Å². The summed E-state index contributed by atoms with van der Waals surface area (Å²) < 4.78 is 0. The van der Waals surface area contributed by atoms with Crippen LogP contribution in [0.2, 0.25) is 0 Å². The summed E-state index contributed by atoms with van der Waals surface area (Å²) in [5.41, 5.74) is 2.35. The Morgan fingerprint density at radius 1 is 1.30 bits per heavy atom. The van der Waals surface area contributed by atoms with Gasteiger partial charge in [0.1, 0.15) is 0 Å². The Labute approximate surface area is 124 Å². The third kappa shape index (κ3) is 3.61. The highest BCUT2D eigenvalue weighted by molar-refractivity contribution is 7.10. The van der Waals surface area contributed by atoms with Crippen molar-refractivity contribution in [2.24, 2.45) is 0 Å². The lowest BCUT2D eigenvalue weighted by atomic mass is 10.1. The van der Waals surface area contributed by atoms with Crippen LogP contribution in [0.25, 0.3) is 0 Å². The van der Waals surface area contributed by atoms with Gasteiger partial charge in [0.05, 0.1) is 12.6 Å². The number of hydrogen-bond acceptors (Lipinski definition) is 2. The van der Waals surface area contributed by atoms with Gasteiger partial charge in [0, 0.05) is 11.9 Å². The molecule has 1 N–H and O–H groups in total. The molecule has 1 aromatic carbocycles. The molecule has 0 bridgehead atoms. The maximum absolute atomic E-state index is 12.2. The number of nitrogens with zero attached hydrogens (tertiary/aromatic N) is 1. The van der Waals surface area contributed by atoms with E-state index in [1.54, 1.807) is 16.2 Å². The maximum atomic E-state index is 12.2. The van der Waals surface area contributed by atoms with Gasteiger partial charge in [-0.3, -0.25) is 0 Å². The first-order valence-corrected chi connectivity index (χ1v) is 7.55. The van der Waals surface area contributed by atoms with Crippen LogP contribution in [0.3, 0.4) is 0 Å². The standard InChI is InChI=1S/C16H20N2OS/c1-12-9-10-20-15(12)11-18(3)16(19)17-13(2)14-7-5-4-6-8-14/h4-10,13H,11H2,1-3H3,(H,17,19). The van der Waals surface area contributed by atoms with Gasteiger partial charge in [0.25, 0.3) is 0 Å². The SMILES string of the molecule is Cc1ccsc1CN(C)C(=O)NC(C)c1ccccc1. The van der Waals surface area contributed by atoms with E-state index in [2.05, 4.69) is 23.7 Å². The number of carbonyl (C=O) groups is 1. The zero-order chi connectivity index (χ0) is 14.5. The van der Waals surface area contributed by atoms with Gasteiger partial charge in [-0.1, -0.05) is 30.3 Å². The van der Waals surface area contributed by atoms with E-state index in [1.165, 1.54) is 10.4 Å². The number of aryl methyl sites for hydroxylation is 1. The minimum absolute atomic E-state index is 0.00980. The van der Waals surface area contributed by atoms with Crippen molar-refractivity contribution in [3.05, 3.63) is 57.8 Å². The Bertz CT molecular complexity index is 565. The first-order chi connectivity index (χ1) is 9.58. The van der Waals surface area contributed by atoms with Crippen molar-refractivity contribution in [2.45, 2.75) is 26.4 Å². The fourth-order valence-corrected chi connectivity index (χ4v) is 2.93. The molecule has 0 spiro atoms. The molecule has 1 atom stereocenters. The zero-order valence-electron chi connectivity index (χ0n) is 12.1. The molecule has 0 radical (unpaired) electrons. The van der Waals surface area contributed by atoms with Crippen molar-refractivity contribution in [3.63, 3.8) is 0 Å². The van der Waals surface area contributed by atoms with E-state index in [-0.39, 0.29) is 12.1 Å². The quantitative estimate of drug-likeness (QED) is 0.907. The van der Waals surface area contributed by atoms with Crippen LogP contribution in [0, 0.1) is 6.92 Å². The van der Waals surface area contributed by atoms with Crippen LogP contribution in [0.5, 0.6) is 0 Å². The van der Waals surface area contributed by atoms with Crippen LogP contribution in [0.15, 0.2) is 41.8 Å². The van der Waals surface area contributed by atoms with Gasteiger partial charge in [-0.25, -0.2) is 4.79 Å². The molecule has 106 valence electrons. The summed E-state index contributed by atoms with van der Waals surface area (Å²) in [5, 5.41) is 5.08. The van der Waals surface area contributed by atoms with Gasteiger partial charge in [-0.2, -0.15) is 0 Å². The molecule has 0 aliphatic rings. The Balaban J connectivity index is 1.93. The average molecular weight is 288 g/mol. The molecule has 0 aliphatic carbocycles. The summed E-state index contributed by atoms with van der Waals surface area (Å²) in [6.07, 6.45) is 0. The van der Waals surface area contributed by atoms with Gasteiger partial charge >= 0.3 is 6.03 Å². The number of rotatable bonds is 4. The number of benzene rings is 1. The number of nitrogens with one attached hydrogen (secondary N) is 1. The lowest BCUT2D eigenvalue weighted by molar-refractivity contribution is 0.204. The van der Waals surface area contributed by atoms with Gasteiger partial charge in [-0.05, 0) is 36.4 Å². The van der Waals surface area contributed by atoms with Crippen molar-refractivity contribution in [2.75, 3.05) is 7.05 Å². The molecule has 20 heavy (non-hydrogen) atoms. The molecular formula is C16H20N2OS. The highest BCUT2D eigenvalue weighted by Gasteiger charge is 2.14. The fourth-order valence-electron chi connectivity index (χ4n) is 1.97. The molecule has 3 nitrogen and oxygen atoms in total. The zero-order valence-corrected chi connectivity index (χ0v) is 12.9. The molecule has 1 heterocycles. The van der Waals surface area contributed by atoms with Gasteiger partial charge in [0.15, 0.2) is 0 Å². The molecule has 1 aromatic heterocycles. The van der Waals surface area contributed by atoms with E-state index in [0.29, 0.717) is 6.54 Å². The molecule has 0 saturated carbocycles. The highest BCUT2D eigenvalue weighted by Crippen LogP contribution is 2.18. The van der Waals surface area contributed by atoms with Crippen LogP contribution in [0.4, 0.5) is 4.79 Å². The molecule has 0 fully saturated rings. The second-order valence-corrected chi connectivity index (χ2v) is 5.97. The lowest BCUT2D eigenvalue weighted by Gasteiger charge is -2.21. The number of urea groups is 1. The summed E-state index contributed by atoms with van der Waals surface area (Å²) >= 11 is 1.69. The fraction of sp³-hybridized carbons (Fsp3) is 0.312. The van der Waals surface area contributed by atoms with Gasteiger partial charge in [0.2, 0.25) is 0 Å². The predicted molar refractivity (Wildman–Crippen MR) is 83.9 cm³/mol. The smallest absolute Gasteiger partial charge is 0.317 e. The van der Waals surface area contributed by atoms with Crippen molar-refractivity contribution in [3.8, 4) is 0 Å². The van der Waals surface area contributed by atoms with E-state index in [9.17, 15) is 4.79 Å². The van der Waals surface area contributed by atoms with Crippen LogP contribution in [-0.2, 0) is 6.54 Å². The lowest BCUT2D eigenvalue weighted by Crippen LogP contribution is -2.38. The van der Waals surface area contributed by atoms with E-state index in [1.807, 2.05) is 44.3 Å². The second kappa shape index (κ2) is 6.57. The van der Waals surface area contributed by atoms with E-state index < -0.39 is 0 Å². The van der Waals surface area contributed by atoms with Crippen molar-refractivity contribution in [1.29, 1.82) is 0 Å². The third-order valence-corrected chi connectivity index (χ3v) is 4.34. The molecule has 2 amide bonds. The number of hydrogen-bond donors (Lipinski definition) is 1. The number of thiophene rings is 1. The second-order valence-electron chi connectivity index (χ2n) is 4.96. The Hall–Kier alpha value is -1.81. The minimum Gasteiger partial charge on any atom is -0.331 e. The van der Waals surface area contributed by atoms with E-state index in [0.717, 1.165) is 5.56 Å². The maximum Gasteiger partial charge on any atom is 0.317 e. The summed E-state index contributed by atoms with van der Waals surface area (Å²) in [5.74, 6) is 0. The molecule has 0 aliphatic heterocycles. The highest BCUT2D eigenvalue weighted by atomic mass is 32.1. The van der Waals surface area contributed by atoms with Gasteiger partial charge in [-0.15, -0.1) is 11.3 Å². The Morgan fingerprint density at radius 2 is 2.00 bits per heavy atom. The molecule has 0 saturated heterocycles. The number of carbonyl (C=O) groups excluding carboxylic acids is 1. The third-order valence-electron chi connectivity index (χ3n) is 3.34. The summed E-state index contributed by atoms with van der Waals surface area (Å²) in [4.78, 5) is 15.1. The summed E-state index contributed by atoms with van der Waals surface area (Å²) in [7, 11) is 1.83. The van der Waals surface area contributed by atoms with Crippen LogP contribution < -0.4 is 5.32 Å². The minimum atomic E-state index is -0.0471. The summed E-state index contributed by atoms with van der Waals surface area (Å²) in [6.45, 7) is 4.72. The largest absolute Gasteiger partial charge is 0.331 e. The predicted octanol–water partition coefficient (Wildman–Crippen LogP) is 3.96. The first kappa shape index (κ1) is 14.6. The van der Waals surface area contributed by atoms with Crippen molar-refractivity contribution >= 4 is 17.4 Å². The first-order valence-electron chi connectivity index (χ1n) is 6.67. The summed E-state index contributed by atoms with van der Waals surface area (Å²) in [6, 6.07) is 12.0. The molecule has 4 heteroatoms. The number of amides is 2. The molecule has 2 aromatic rings. The monoisotopic (exact) mass is 288 g/mol. The van der Waals surface area contributed by atoms with E-state index >= 15 is 0 Å². The topological polar surface area (TPSA) is 32.3 Å². The van der Waals surface area contributed by atoms with Crippen molar-refractivity contribution < 1.29 is 4.79 Å². The molecular weight excluding hydrogens is 268 g/mol. The van der Waals surface area contributed by atoms with Crippen LogP contribution >= 0.6 is 11.3 Å². The Morgan fingerprint density at radius 3 is 2.60 bits per heavy atom. The van der Waals surface area contributed by atoms with Crippen LogP contribution in [0.1, 0.15) is 29.0 Å². The van der Waals surface area contributed by atoms with Gasteiger partial charge < -0.3 is 10.2 Å². The molecule has 2 rings (SSSR count). The normalized spacial score (nSPS) is 11.9. The van der Waals surface area contributed by atoms with Crippen LogP contribution in [-0.4, -0.2) is 18.0 Å². The average Bonchev–Trinajstić information content (AvgIpc) is 2.85. The molecule has 1 unspecified atom stereocenters.